The van der Waals surface area contributed by atoms with Gasteiger partial charge in [-0.15, -0.1) is 0 Å². The van der Waals surface area contributed by atoms with E-state index in [1.165, 1.54) is 0 Å². The van der Waals surface area contributed by atoms with Gasteiger partial charge >= 0.3 is 0 Å². The second kappa shape index (κ2) is 8.84. The van der Waals surface area contributed by atoms with E-state index < -0.39 is 80.5 Å². The Hall–Kier alpha value is -0.930. The van der Waals surface area contributed by atoms with Crippen LogP contribution >= 0.6 is 0 Å². The molecule has 12 nitrogen and oxygen atoms in total. The normalized spacial score (nSPS) is 46.8. The predicted molar refractivity (Wildman–Crippen MR) is 80.2 cm³/mol. The maximum Gasteiger partial charge on any atom is 0.217 e. The van der Waals surface area contributed by atoms with E-state index in [0.29, 0.717) is 0 Å². The van der Waals surface area contributed by atoms with E-state index in [1.54, 1.807) is 0 Å². The number of hydrogen-bond donors (Lipinski definition) is 8. The maximum atomic E-state index is 11.4. The fraction of sp³-hybridized carbons (Fsp3) is 0.929. The lowest BCUT2D eigenvalue weighted by Gasteiger charge is -2.46. The molecule has 2 fully saturated rings. The molecule has 0 aromatic carbocycles. The molecule has 2 aliphatic heterocycles. The largest absolute Gasteiger partial charge is 0.394 e. The first-order valence-corrected chi connectivity index (χ1v) is 8.06. The molecule has 10 atom stereocenters. The molecular formula is C14H25NO11. The third-order valence-corrected chi connectivity index (χ3v) is 4.38. The molecule has 2 aliphatic rings. The second-order valence-corrected chi connectivity index (χ2v) is 6.26. The first-order chi connectivity index (χ1) is 12.2. The van der Waals surface area contributed by atoms with Gasteiger partial charge in [-0.05, 0) is 0 Å². The van der Waals surface area contributed by atoms with Crippen molar-refractivity contribution in [3.63, 3.8) is 0 Å². The number of aliphatic hydroxyl groups is 7. The van der Waals surface area contributed by atoms with Crippen LogP contribution in [0, 0.1) is 0 Å². The molecule has 12 heteroatoms. The van der Waals surface area contributed by atoms with Crippen LogP contribution in [0.5, 0.6) is 0 Å². The molecule has 2 rings (SSSR count). The Morgan fingerprint density at radius 3 is 2.08 bits per heavy atom. The Bertz CT molecular complexity index is 478. The van der Waals surface area contributed by atoms with Crippen molar-refractivity contribution in [2.75, 3.05) is 13.2 Å². The molecule has 8 N–H and O–H groups in total. The Morgan fingerprint density at radius 2 is 1.54 bits per heavy atom. The summed E-state index contributed by atoms with van der Waals surface area (Å²) < 4.78 is 15.8. The molecule has 0 bridgehead atoms. The number of hydrogen-bond acceptors (Lipinski definition) is 11. The number of nitrogens with one attached hydrogen (secondary N) is 1. The smallest absolute Gasteiger partial charge is 0.217 e. The topological polar surface area (TPSA) is 198 Å². The third kappa shape index (κ3) is 4.31. The van der Waals surface area contributed by atoms with E-state index in [4.69, 9.17) is 14.2 Å². The fourth-order valence-corrected chi connectivity index (χ4v) is 2.98. The summed E-state index contributed by atoms with van der Waals surface area (Å²) in [6.07, 6.45) is -13.6. The first kappa shape index (κ1) is 21.4. The molecule has 2 saturated heterocycles. The van der Waals surface area contributed by atoms with Crippen molar-refractivity contribution >= 4 is 5.91 Å². The van der Waals surface area contributed by atoms with Crippen molar-refractivity contribution in [1.29, 1.82) is 0 Å². The highest BCUT2D eigenvalue weighted by molar-refractivity contribution is 5.73. The Labute approximate surface area is 148 Å². The van der Waals surface area contributed by atoms with Crippen LogP contribution in [0.25, 0.3) is 0 Å². The van der Waals surface area contributed by atoms with E-state index in [0.717, 1.165) is 6.92 Å². The molecule has 26 heavy (non-hydrogen) atoms. The Morgan fingerprint density at radius 1 is 0.923 bits per heavy atom. The molecule has 0 saturated carbocycles. The van der Waals surface area contributed by atoms with Gasteiger partial charge in [-0.2, -0.15) is 0 Å². The van der Waals surface area contributed by atoms with Crippen molar-refractivity contribution in [3.8, 4) is 0 Å². The highest BCUT2D eigenvalue weighted by Gasteiger charge is 2.50. The minimum Gasteiger partial charge on any atom is -0.394 e. The van der Waals surface area contributed by atoms with Gasteiger partial charge in [0.2, 0.25) is 5.91 Å². The highest BCUT2D eigenvalue weighted by Crippen LogP contribution is 2.28. The third-order valence-electron chi connectivity index (χ3n) is 4.38. The average Bonchev–Trinajstić information content (AvgIpc) is 2.60. The van der Waals surface area contributed by atoms with Gasteiger partial charge < -0.3 is 55.3 Å². The van der Waals surface area contributed by atoms with Gasteiger partial charge in [-0.25, -0.2) is 0 Å². The standard InChI is InChI=1S/C14H25NO11/c1-4(18)15-7-9(20)8(19)5(2-16)25-14(7)26-12-6(3-17)24-13(23)11(22)10(12)21/h5-14,16-17,19-23H,2-3H2,1H3,(H,15,18)/t5-,6-,7-,8-,9-,10-,11+,12-,13-,14+/m1/s1. The summed E-state index contributed by atoms with van der Waals surface area (Å²) in [5, 5.41) is 70.5. The number of aliphatic hydroxyl groups excluding tert-OH is 7. The van der Waals surface area contributed by atoms with E-state index in [9.17, 15) is 40.5 Å². The number of rotatable bonds is 5. The zero-order chi connectivity index (χ0) is 19.6. The minimum absolute atomic E-state index is 0.574. The van der Waals surface area contributed by atoms with Crippen molar-refractivity contribution < 1.29 is 54.8 Å². The summed E-state index contributed by atoms with van der Waals surface area (Å²) in [6.45, 7) is -0.194. The van der Waals surface area contributed by atoms with Crippen LogP contribution in [-0.4, -0.2) is 116 Å². The van der Waals surface area contributed by atoms with Crippen molar-refractivity contribution in [2.24, 2.45) is 0 Å². The zero-order valence-electron chi connectivity index (χ0n) is 14.0. The van der Waals surface area contributed by atoms with E-state index in [-0.39, 0.29) is 0 Å². The number of carbonyl (C=O) groups is 1. The quantitative estimate of drug-likeness (QED) is 0.226. The van der Waals surface area contributed by atoms with Crippen LogP contribution < -0.4 is 5.32 Å². The summed E-state index contributed by atoms with van der Waals surface area (Å²) in [5.41, 5.74) is 0. The van der Waals surface area contributed by atoms with Crippen LogP contribution in [0.3, 0.4) is 0 Å². The van der Waals surface area contributed by atoms with Crippen LogP contribution in [0.15, 0.2) is 0 Å². The highest BCUT2D eigenvalue weighted by atomic mass is 16.7. The molecule has 2 heterocycles. The summed E-state index contributed by atoms with van der Waals surface area (Å²) >= 11 is 0. The average molecular weight is 383 g/mol. The van der Waals surface area contributed by atoms with Gasteiger partial charge in [0.15, 0.2) is 12.6 Å². The number of amides is 1. The van der Waals surface area contributed by atoms with Crippen LogP contribution in [0.2, 0.25) is 0 Å². The maximum absolute atomic E-state index is 11.4. The van der Waals surface area contributed by atoms with E-state index >= 15 is 0 Å². The second-order valence-electron chi connectivity index (χ2n) is 6.26. The van der Waals surface area contributed by atoms with Crippen LogP contribution in [-0.2, 0) is 19.0 Å². The molecule has 0 aliphatic carbocycles. The molecule has 0 spiro atoms. The Balaban J connectivity index is 2.22. The number of carbonyl (C=O) groups excluding carboxylic acids is 1. The molecule has 152 valence electrons. The summed E-state index contributed by atoms with van der Waals surface area (Å²) in [7, 11) is 0. The van der Waals surface area contributed by atoms with E-state index in [1.807, 2.05) is 0 Å². The predicted octanol–water partition coefficient (Wildman–Crippen LogP) is -5.25. The van der Waals surface area contributed by atoms with Gasteiger partial charge in [-0.1, -0.05) is 0 Å². The molecule has 0 unspecified atom stereocenters. The molecule has 1 amide bonds. The van der Waals surface area contributed by atoms with Crippen molar-refractivity contribution in [3.05, 3.63) is 0 Å². The molecule has 0 aromatic rings. The van der Waals surface area contributed by atoms with Crippen LogP contribution in [0.4, 0.5) is 0 Å². The lowest BCUT2D eigenvalue weighted by molar-refractivity contribution is -0.341. The van der Waals surface area contributed by atoms with Crippen LogP contribution in [0.1, 0.15) is 6.92 Å². The summed E-state index contributed by atoms with van der Waals surface area (Å²) in [5.74, 6) is -0.574. The summed E-state index contributed by atoms with van der Waals surface area (Å²) in [6, 6.07) is -1.28. The monoisotopic (exact) mass is 383 g/mol. The van der Waals surface area contributed by atoms with Gasteiger partial charge in [0.25, 0.3) is 0 Å². The number of ether oxygens (including phenoxy) is 3. The van der Waals surface area contributed by atoms with E-state index in [2.05, 4.69) is 5.32 Å². The Kier molecular flexibility index (Phi) is 7.27. The fourth-order valence-electron chi connectivity index (χ4n) is 2.98. The lowest BCUT2D eigenvalue weighted by atomic mass is 9.95. The molecule has 0 radical (unpaired) electrons. The van der Waals surface area contributed by atoms with Gasteiger partial charge in [0, 0.05) is 6.92 Å². The lowest BCUT2D eigenvalue weighted by Crippen LogP contribution is -2.67. The van der Waals surface area contributed by atoms with Gasteiger partial charge in [-0.3, -0.25) is 4.79 Å². The van der Waals surface area contributed by atoms with Crippen molar-refractivity contribution in [1.82, 2.24) is 5.32 Å². The summed E-state index contributed by atoms with van der Waals surface area (Å²) in [4.78, 5) is 11.4. The van der Waals surface area contributed by atoms with Gasteiger partial charge in [0.05, 0.1) is 13.2 Å². The van der Waals surface area contributed by atoms with Gasteiger partial charge in [0.1, 0.15) is 48.8 Å². The van der Waals surface area contributed by atoms with Crippen molar-refractivity contribution in [2.45, 2.75) is 68.3 Å². The molecular weight excluding hydrogens is 358 g/mol. The SMILES string of the molecule is CC(=O)N[C@H]1[C@H](O[C@H]2[C@H](O)[C@H](O)[C@H](O)O[C@@H]2CO)O[C@H](CO)[C@@H](O)[C@@H]1O. The minimum atomic E-state index is -1.75. The zero-order valence-corrected chi connectivity index (χ0v) is 14.0. The molecule has 0 aromatic heterocycles. The first-order valence-electron chi connectivity index (χ1n) is 8.06.